The number of fused-ring (bicyclic) bond motifs is 3. The Morgan fingerprint density at radius 3 is 2.57 bits per heavy atom. The first kappa shape index (κ1) is 14.5. The number of nitrogens with one attached hydrogen (secondary N) is 2. The fourth-order valence-electron chi connectivity index (χ4n) is 3.36. The number of aryl methyl sites for hydroxylation is 1. The topological polar surface area (TPSA) is 62.0 Å². The summed E-state index contributed by atoms with van der Waals surface area (Å²) in [4.78, 5) is 3.78. The number of para-hydroxylation sites is 1. The van der Waals surface area contributed by atoms with E-state index in [4.69, 9.17) is 0 Å². The molecule has 0 saturated carbocycles. The van der Waals surface area contributed by atoms with Gasteiger partial charge in [0.15, 0.2) is 0 Å². The molecule has 1 aliphatic carbocycles. The second-order valence-corrected chi connectivity index (χ2v) is 7.72. The van der Waals surface area contributed by atoms with E-state index >= 15 is 0 Å². The molecule has 1 aliphatic rings. The molecule has 2 N–H and O–H groups in total. The zero-order valence-electron chi connectivity index (χ0n) is 12.6. The molecule has 3 aromatic rings. The third kappa shape index (κ3) is 2.66. The van der Waals surface area contributed by atoms with Gasteiger partial charge in [-0.25, -0.2) is 13.1 Å². The van der Waals surface area contributed by atoms with Crippen molar-refractivity contribution < 1.29 is 8.42 Å². The molecular formula is C18H18N2O2S. The summed E-state index contributed by atoms with van der Waals surface area (Å²) in [5.74, 6) is 0. The highest BCUT2D eigenvalue weighted by atomic mass is 32.2. The van der Waals surface area contributed by atoms with Gasteiger partial charge in [0, 0.05) is 22.6 Å². The molecule has 1 heterocycles. The minimum atomic E-state index is -3.46. The summed E-state index contributed by atoms with van der Waals surface area (Å²) >= 11 is 0. The predicted octanol–water partition coefficient (Wildman–Crippen LogP) is 3.00. The molecule has 5 heteroatoms. The summed E-state index contributed by atoms with van der Waals surface area (Å²) in [6, 6.07) is 16.7. The number of hydrogen-bond acceptors (Lipinski definition) is 2. The minimum Gasteiger partial charge on any atom is -0.358 e. The summed E-state index contributed by atoms with van der Waals surface area (Å²) in [7, 11) is -3.46. The van der Waals surface area contributed by atoms with Crippen LogP contribution in [0.4, 0.5) is 0 Å². The third-order valence-corrected chi connectivity index (χ3v) is 6.01. The van der Waals surface area contributed by atoms with Gasteiger partial charge in [0.1, 0.15) is 0 Å². The molecule has 0 radical (unpaired) electrons. The quantitative estimate of drug-likeness (QED) is 0.777. The lowest BCUT2D eigenvalue weighted by atomic mass is 9.92. The first-order valence-corrected chi connectivity index (χ1v) is 9.28. The number of aromatic nitrogens is 1. The molecule has 1 atom stereocenters. The van der Waals surface area contributed by atoms with Crippen LogP contribution in [0.25, 0.3) is 10.9 Å². The predicted molar refractivity (Wildman–Crippen MR) is 90.9 cm³/mol. The van der Waals surface area contributed by atoms with Crippen molar-refractivity contribution in [1.82, 2.24) is 9.71 Å². The van der Waals surface area contributed by atoms with Gasteiger partial charge >= 0.3 is 0 Å². The highest BCUT2D eigenvalue weighted by molar-refractivity contribution is 7.89. The molecule has 118 valence electrons. The number of benzene rings is 2. The van der Waals surface area contributed by atoms with Crippen molar-refractivity contribution in [1.29, 1.82) is 0 Å². The first-order chi connectivity index (χ1) is 11.1. The second kappa shape index (κ2) is 5.51. The molecular weight excluding hydrogens is 308 g/mol. The van der Waals surface area contributed by atoms with Crippen molar-refractivity contribution >= 4 is 20.9 Å². The summed E-state index contributed by atoms with van der Waals surface area (Å²) in [5.41, 5.74) is 3.61. The van der Waals surface area contributed by atoms with E-state index in [0.29, 0.717) is 4.90 Å². The van der Waals surface area contributed by atoms with E-state index in [9.17, 15) is 8.42 Å². The molecule has 0 fully saturated rings. The number of hydrogen-bond donors (Lipinski definition) is 2. The Hall–Kier alpha value is -2.11. The maximum Gasteiger partial charge on any atom is 0.240 e. The van der Waals surface area contributed by atoms with Crippen LogP contribution in [0, 0.1) is 0 Å². The van der Waals surface area contributed by atoms with Crippen LogP contribution < -0.4 is 4.72 Å². The second-order valence-electron chi connectivity index (χ2n) is 6.00. The molecule has 0 saturated heterocycles. The van der Waals surface area contributed by atoms with Gasteiger partial charge in [-0.05, 0) is 43.0 Å². The molecule has 2 aromatic carbocycles. The molecule has 0 aliphatic heterocycles. The lowest BCUT2D eigenvalue weighted by Gasteiger charge is -2.23. The summed E-state index contributed by atoms with van der Waals surface area (Å²) < 4.78 is 27.9. The molecule has 1 unspecified atom stereocenters. The molecule has 4 rings (SSSR count). The Morgan fingerprint density at radius 1 is 1.00 bits per heavy atom. The van der Waals surface area contributed by atoms with Gasteiger partial charge in [-0.2, -0.15) is 0 Å². The SMILES string of the molecule is O=S(=O)(NC1CCc2[nH]c3ccccc3c2C1)c1ccccc1. The lowest BCUT2D eigenvalue weighted by Crippen LogP contribution is -2.38. The van der Waals surface area contributed by atoms with Crippen molar-refractivity contribution in [2.24, 2.45) is 0 Å². The Kier molecular flexibility index (Phi) is 3.47. The van der Waals surface area contributed by atoms with Crippen LogP contribution in [-0.2, 0) is 22.9 Å². The number of aromatic amines is 1. The van der Waals surface area contributed by atoms with Gasteiger partial charge in [-0.15, -0.1) is 0 Å². The van der Waals surface area contributed by atoms with Gasteiger partial charge in [0.05, 0.1) is 4.90 Å². The number of rotatable bonds is 3. The van der Waals surface area contributed by atoms with E-state index in [-0.39, 0.29) is 6.04 Å². The van der Waals surface area contributed by atoms with Crippen LogP contribution in [0.1, 0.15) is 17.7 Å². The van der Waals surface area contributed by atoms with E-state index in [1.165, 1.54) is 16.6 Å². The molecule has 0 spiro atoms. The van der Waals surface area contributed by atoms with Crippen LogP contribution in [0.15, 0.2) is 59.5 Å². The largest absolute Gasteiger partial charge is 0.358 e. The van der Waals surface area contributed by atoms with Crippen molar-refractivity contribution in [2.75, 3.05) is 0 Å². The fourth-order valence-corrected chi connectivity index (χ4v) is 4.65. The monoisotopic (exact) mass is 326 g/mol. The minimum absolute atomic E-state index is 0.0630. The highest BCUT2D eigenvalue weighted by Gasteiger charge is 2.26. The van der Waals surface area contributed by atoms with Crippen molar-refractivity contribution in [2.45, 2.75) is 30.2 Å². The van der Waals surface area contributed by atoms with E-state index in [1.807, 2.05) is 18.2 Å². The smallest absolute Gasteiger partial charge is 0.240 e. The maximum atomic E-state index is 12.5. The van der Waals surface area contributed by atoms with Crippen LogP contribution in [0.3, 0.4) is 0 Å². The molecule has 23 heavy (non-hydrogen) atoms. The number of sulfonamides is 1. The lowest BCUT2D eigenvalue weighted by molar-refractivity contribution is 0.506. The van der Waals surface area contributed by atoms with Crippen molar-refractivity contribution in [3.05, 3.63) is 65.9 Å². The van der Waals surface area contributed by atoms with Crippen LogP contribution in [-0.4, -0.2) is 19.4 Å². The van der Waals surface area contributed by atoms with Gasteiger partial charge in [0.25, 0.3) is 0 Å². The Bertz CT molecular complexity index is 946. The normalized spacial score (nSPS) is 18.0. The van der Waals surface area contributed by atoms with Crippen molar-refractivity contribution in [3.8, 4) is 0 Å². The summed E-state index contributed by atoms with van der Waals surface area (Å²) in [6.07, 6.45) is 2.41. The standard InChI is InChI=1S/C18H18N2O2S/c21-23(22,14-6-2-1-3-7-14)20-13-10-11-18-16(12-13)15-8-4-5-9-17(15)19-18/h1-9,13,19-20H,10-12H2. The Morgan fingerprint density at radius 2 is 1.74 bits per heavy atom. The average Bonchev–Trinajstić information content (AvgIpc) is 2.93. The number of H-pyrrole nitrogens is 1. The zero-order valence-corrected chi connectivity index (χ0v) is 13.4. The van der Waals surface area contributed by atoms with Crippen molar-refractivity contribution in [3.63, 3.8) is 0 Å². The first-order valence-electron chi connectivity index (χ1n) is 7.79. The Balaban J connectivity index is 1.61. The van der Waals surface area contributed by atoms with E-state index < -0.39 is 10.0 Å². The van der Waals surface area contributed by atoms with E-state index in [1.54, 1.807) is 24.3 Å². The highest BCUT2D eigenvalue weighted by Crippen LogP contribution is 2.29. The zero-order chi connectivity index (χ0) is 15.9. The fraction of sp³-hybridized carbons (Fsp3) is 0.222. The van der Waals surface area contributed by atoms with Crippen LogP contribution in [0.2, 0.25) is 0 Å². The summed E-state index contributed by atoms with van der Waals surface area (Å²) in [6.45, 7) is 0. The van der Waals surface area contributed by atoms with Gasteiger partial charge in [0.2, 0.25) is 10.0 Å². The molecule has 0 amide bonds. The van der Waals surface area contributed by atoms with Gasteiger partial charge in [-0.1, -0.05) is 36.4 Å². The van der Waals surface area contributed by atoms with Gasteiger partial charge in [-0.3, -0.25) is 0 Å². The third-order valence-electron chi connectivity index (χ3n) is 4.47. The van der Waals surface area contributed by atoms with E-state index in [2.05, 4.69) is 21.8 Å². The summed E-state index contributed by atoms with van der Waals surface area (Å²) in [5, 5.41) is 1.20. The van der Waals surface area contributed by atoms with Gasteiger partial charge < -0.3 is 4.98 Å². The average molecular weight is 326 g/mol. The molecule has 1 aromatic heterocycles. The van der Waals surface area contributed by atoms with Crippen LogP contribution >= 0.6 is 0 Å². The van der Waals surface area contributed by atoms with Crippen LogP contribution in [0.5, 0.6) is 0 Å². The Labute approximate surface area is 135 Å². The van der Waals surface area contributed by atoms with E-state index in [0.717, 1.165) is 24.8 Å². The molecule has 4 nitrogen and oxygen atoms in total. The molecule has 0 bridgehead atoms. The maximum absolute atomic E-state index is 12.5.